The molecule has 1 amide bonds. The summed E-state index contributed by atoms with van der Waals surface area (Å²) in [6.45, 7) is 0.509. The van der Waals surface area contributed by atoms with Crippen molar-refractivity contribution in [1.29, 1.82) is 0 Å². The minimum Gasteiger partial charge on any atom is -0.496 e. The summed E-state index contributed by atoms with van der Waals surface area (Å²) in [6, 6.07) is 12.5. The highest BCUT2D eigenvalue weighted by Crippen LogP contribution is 2.22. The third-order valence-electron chi connectivity index (χ3n) is 2.99. The van der Waals surface area contributed by atoms with Crippen molar-refractivity contribution >= 4 is 29.1 Å². The Balaban J connectivity index is 1.97. The van der Waals surface area contributed by atoms with Gasteiger partial charge in [0.15, 0.2) is 0 Å². The molecule has 3 nitrogen and oxygen atoms in total. The molecule has 1 N–H and O–H groups in total. The Kier molecular flexibility index (Phi) is 5.48. The second-order valence-electron chi connectivity index (χ2n) is 4.48. The number of carbonyl (C=O) groups is 1. The second kappa shape index (κ2) is 7.34. The quantitative estimate of drug-likeness (QED) is 0.904. The van der Waals surface area contributed by atoms with Crippen molar-refractivity contribution < 1.29 is 9.53 Å². The number of hydrogen-bond acceptors (Lipinski definition) is 2. The number of hydrogen-bond donors (Lipinski definition) is 1. The maximum atomic E-state index is 12.2. The van der Waals surface area contributed by atoms with E-state index in [1.807, 2.05) is 24.3 Å². The summed E-state index contributed by atoms with van der Waals surface area (Å²) in [7, 11) is 1.52. The lowest BCUT2D eigenvalue weighted by Crippen LogP contribution is -2.26. The summed E-state index contributed by atoms with van der Waals surface area (Å²) in [5, 5.41) is 4.03. The molecule has 0 radical (unpaired) electrons. The normalized spacial score (nSPS) is 10.2. The molecule has 0 saturated carbocycles. The third kappa shape index (κ3) is 4.38. The number of ether oxygens (including phenoxy) is 1. The first-order valence-electron chi connectivity index (χ1n) is 6.46. The van der Waals surface area contributed by atoms with Crippen molar-refractivity contribution in [2.75, 3.05) is 13.7 Å². The number of carbonyl (C=O) groups excluding carboxylic acids is 1. The minimum absolute atomic E-state index is 0.212. The molecule has 0 atom stereocenters. The van der Waals surface area contributed by atoms with E-state index in [0.29, 0.717) is 34.3 Å². The van der Waals surface area contributed by atoms with E-state index in [4.69, 9.17) is 27.9 Å². The molecule has 0 spiro atoms. The molecule has 0 unspecified atom stereocenters. The summed E-state index contributed by atoms with van der Waals surface area (Å²) in [5.41, 5.74) is 1.50. The number of amides is 1. The molecule has 0 aliphatic rings. The maximum absolute atomic E-state index is 12.2. The zero-order valence-corrected chi connectivity index (χ0v) is 13.0. The van der Waals surface area contributed by atoms with Gasteiger partial charge in [-0.3, -0.25) is 4.79 Å². The summed E-state index contributed by atoms with van der Waals surface area (Å²) in [4.78, 5) is 12.2. The van der Waals surface area contributed by atoms with Crippen LogP contribution in [-0.4, -0.2) is 19.6 Å². The van der Waals surface area contributed by atoms with Gasteiger partial charge < -0.3 is 10.1 Å². The van der Waals surface area contributed by atoms with Gasteiger partial charge in [0.05, 0.1) is 12.7 Å². The van der Waals surface area contributed by atoms with Gasteiger partial charge in [-0.25, -0.2) is 0 Å². The molecule has 0 aliphatic heterocycles. The Labute approximate surface area is 133 Å². The molecule has 0 fully saturated rings. The average molecular weight is 324 g/mol. The highest BCUT2D eigenvalue weighted by atomic mass is 35.5. The molecule has 5 heteroatoms. The first-order chi connectivity index (χ1) is 10.1. The lowest BCUT2D eigenvalue weighted by Gasteiger charge is -2.10. The van der Waals surface area contributed by atoms with Crippen LogP contribution in [0.3, 0.4) is 0 Å². The number of benzene rings is 2. The van der Waals surface area contributed by atoms with Gasteiger partial charge in [-0.1, -0.05) is 35.3 Å². The number of nitrogens with one attached hydrogen (secondary N) is 1. The molecule has 2 aromatic rings. The number of rotatable bonds is 5. The Morgan fingerprint density at radius 1 is 1.14 bits per heavy atom. The molecular formula is C16H15Cl2NO2. The highest BCUT2D eigenvalue weighted by Gasteiger charge is 2.12. The van der Waals surface area contributed by atoms with Crippen LogP contribution in [0.4, 0.5) is 0 Å². The molecule has 2 rings (SSSR count). The van der Waals surface area contributed by atoms with Gasteiger partial charge in [0.25, 0.3) is 5.91 Å². The van der Waals surface area contributed by atoms with Crippen LogP contribution >= 0.6 is 23.2 Å². The van der Waals surface area contributed by atoms with Crippen LogP contribution in [0, 0.1) is 0 Å². The smallest absolute Gasteiger partial charge is 0.255 e. The summed E-state index contributed by atoms with van der Waals surface area (Å²) in [5.74, 6) is 0.288. The van der Waals surface area contributed by atoms with Crippen LogP contribution in [0.2, 0.25) is 10.0 Å². The van der Waals surface area contributed by atoms with Gasteiger partial charge in [-0.2, -0.15) is 0 Å². The van der Waals surface area contributed by atoms with E-state index in [9.17, 15) is 4.79 Å². The molecule has 2 aromatic carbocycles. The molecule has 0 saturated heterocycles. The lowest BCUT2D eigenvalue weighted by molar-refractivity contribution is 0.0951. The van der Waals surface area contributed by atoms with Gasteiger partial charge >= 0.3 is 0 Å². The van der Waals surface area contributed by atoms with Crippen LogP contribution in [-0.2, 0) is 6.42 Å². The fourth-order valence-corrected chi connectivity index (χ4v) is 2.35. The summed E-state index contributed by atoms with van der Waals surface area (Å²) >= 11 is 11.8. The lowest BCUT2D eigenvalue weighted by atomic mass is 10.1. The van der Waals surface area contributed by atoms with E-state index in [-0.39, 0.29) is 5.91 Å². The predicted molar refractivity (Wildman–Crippen MR) is 85.5 cm³/mol. The van der Waals surface area contributed by atoms with E-state index in [0.717, 1.165) is 5.56 Å². The van der Waals surface area contributed by atoms with Gasteiger partial charge in [0.2, 0.25) is 0 Å². The Morgan fingerprint density at radius 3 is 2.62 bits per heavy atom. The summed E-state index contributed by atoms with van der Waals surface area (Å²) < 4.78 is 5.16. The van der Waals surface area contributed by atoms with Crippen molar-refractivity contribution in [3.8, 4) is 5.75 Å². The second-order valence-corrected chi connectivity index (χ2v) is 5.35. The van der Waals surface area contributed by atoms with Crippen LogP contribution in [0.5, 0.6) is 5.75 Å². The highest BCUT2D eigenvalue weighted by molar-refractivity contribution is 6.31. The van der Waals surface area contributed by atoms with Gasteiger partial charge in [0, 0.05) is 16.6 Å². The van der Waals surface area contributed by atoms with Gasteiger partial charge in [0.1, 0.15) is 5.75 Å². The van der Waals surface area contributed by atoms with Crippen molar-refractivity contribution in [2.24, 2.45) is 0 Å². The molecule has 0 aliphatic carbocycles. The predicted octanol–water partition coefficient (Wildman–Crippen LogP) is 3.97. The Morgan fingerprint density at radius 2 is 1.90 bits per heavy atom. The first-order valence-corrected chi connectivity index (χ1v) is 7.22. The molecule has 0 bridgehead atoms. The molecule has 110 valence electrons. The minimum atomic E-state index is -0.212. The van der Waals surface area contributed by atoms with Crippen LogP contribution < -0.4 is 10.1 Å². The third-order valence-corrected chi connectivity index (χ3v) is 3.46. The van der Waals surface area contributed by atoms with E-state index in [1.165, 1.54) is 7.11 Å². The fraction of sp³-hybridized carbons (Fsp3) is 0.188. The standard InChI is InChI=1S/C16H15Cl2NO2/c1-21-15-6-5-13(18)10-14(15)16(20)19-8-7-11-3-2-4-12(17)9-11/h2-6,9-10H,7-8H2,1H3,(H,19,20). The number of halogens is 2. The van der Waals surface area contributed by atoms with E-state index >= 15 is 0 Å². The zero-order valence-electron chi connectivity index (χ0n) is 11.5. The van der Waals surface area contributed by atoms with Crippen molar-refractivity contribution in [1.82, 2.24) is 5.32 Å². The number of methoxy groups -OCH3 is 1. The van der Waals surface area contributed by atoms with Crippen LogP contribution in [0.25, 0.3) is 0 Å². The average Bonchev–Trinajstić information content (AvgIpc) is 2.47. The fourth-order valence-electron chi connectivity index (χ4n) is 1.97. The van der Waals surface area contributed by atoms with Crippen LogP contribution in [0.1, 0.15) is 15.9 Å². The van der Waals surface area contributed by atoms with Gasteiger partial charge in [-0.05, 0) is 42.3 Å². The van der Waals surface area contributed by atoms with Crippen molar-refractivity contribution in [2.45, 2.75) is 6.42 Å². The van der Waals surface area contributed by atoms with Crippen LogP contribution in [0.15, 0.2) is 42.5 Å². The summed E-state index contributed by atoms with van der Waals surface area (Å²) in [6.07, 6.45) is 0.704. The SMILES string of the molecule is COc1ccc(Cl)cc1C(=O)NCCc1cccc(Cl)c1. The molecular weight excluding hydrogens is 309 g/mol. The maximum Gasteiger partial charge on any atom is 0.255 e. The largest absolute Gasteiger partial charge is 0.496 e. The first kappa shape index (κ1) is 15.7. The monoisotopic (exact) mass is 323 g/mol. The zero-order chi connectivity index (χ0) is 15.2. The van der Waals surface area contributed by atoms with E-state index < -0.39 is 0 Å². The Hall–Kier alpha value is -1.71. The van der Waals surface area contributed by atoms with Crippen molar-refractivity contribution in [3.63, 3.8) is 0 Å². The van der Waals surface area contributed by atoms with E-state index in [1.54, 1.807) is 18.2 Å². The topological polar surface area (TPSA) is 38.3 Å². The molecule has 0 aromatic heterocycles. The van der Waals surface area contributed by atoms with Gasteiger partial charge in [-0.15, -0.1) is 0 Å². The van der Waals surface area contributed by atoms with Crippen molar-refractivity contribution in [3.05, 3.63) is 63.6 Å². The molecule has 0 heterocycles. The van der Waals surface area contributed by atoms with E-state index in [2.05, 4.69) is 5.32 Å². The molecule has 21 heavy (non-hydrogen) atoms. The Bertz CT molecular complexity index is 644.